The Labute approximate surface area is 103 Å². The van der Waals surface area contributed by atoms with Crippen LogP contribution in [0.15, 0.2) is 35.4 Å². The number of carbonyl (C=O) groups is 1. The second-order valence-corrected chi connectivity index (χ2v) is 4.16. The highest BCUT2D eigenvalue weighted by Gasteiger charge is 2.05. The summed E-state index contributed by atoms with van der Waals surface area (Å²) in [7, 11) is 1.88. The lowest BCUT2D eigenvalue weighted by Crippen LogP contribution is -2.17. The summed E-state index contributed by atoms with van der Waals surface area (Å²) >= 11 is 0. The molecule has 0 aromatic heterocycles. The molecule has 0 fully saturated rings. The van der Waals surface area contributed by atoms with Gasteiger partial charge in [-0.3, -0.25) is 9.80 Å². The summed E-state index contributed by atoms with van der Waals surface area (Å²) in [4.78, 5) is 11.6. The standard InChI is InChI=1S/C14H20N2O/c1-4-8-14(17)12(2)15-16(3)11-13-9-6-5-7-10-13/h5-7,9-10H,4,8,11H2,1-3H3. The van der Waals surface area contributed by atoms with Crippen LogP contribution >= 0.6 is 0 Å². The largest absolute Gasteiger partial charge is 0.295 e. The first-order chi connectivity index (χ1) is 8.13. The summed E-state index contributed by atoms with van der Waals surface area (Å²) in [6.07, 6.45) is 1.45. The topological polar surface area (TPSA) is 32.7 Å². The molecule has 0 heterocycles. The highest BCUT2D eigenvalue weighted by Crippen LogP contribution is 2.03. The second-order valence-electron chi connectivity index (χ2n) is 4.16. The molecule has 0 bridgehead atoms. The number of benzene rings is 1. The van der Waals surface area contributed by atoms with E-state index in [1.165, 1.54) is 5.56 Å². The lowest BCUT2D eigenvalue weighted by molar-refractivity contribution is -0.113. The molecule has 0 unspecified atom stereocenters. The van der Waals surface area contributed by atoms with E-state index in [-0.39, 0.29) is 5.78 Å². The molecule has 0 N–H and O–H groups in total. The molecular formula is C14H20N2O. The minimum absolute atomic E-state index is 0.132. The van der Waals surface area contributed by atoms with Crippen molar-refractivity contribution >= 4 is 11.5 Å². The van der Waals surface area contributed by atoms with Crippen LogP contribution in [0.5, 0.6) is 0 Å². The maximum absolute atomic E-state index is 11.6. The molecule has 0 atom stereocenters. The average molecular weight is 232 g/mol. The molecule has 1 aromatic rings. The molecule has 0 aliphatic rings. The van der Waals surface area contributed by atoms with Crippen LogP contribution in [0.3, 0.4) is 0 Å². The zero-order valence-corrected chi connectivity index (χ0v) is 10.8. The van der Waals surface area contributed by atoms with Gasteiger partial charge in [0, 0.05) is 13.5 Å². The highest BCUT2D eigenvalue weighted by molar-refractivity contribution is 6.38. The van der Waals surface area contributed by atoms with Crippen molar-refractivity contribution in [2.24, 2.45) is 5.10 Å². The van der Waals surface area contributed by atoms with E-state index in [4.69, 9.17) is 0 Å². The number of hydrazone groups is 1. The monoisotopic (exact) mass is 232 g/mol. The van der Waals surface area contributed by atoms with Crippen LogP contribution in [-0.2, 0) is 11.3 Å². The number of Topliss-reactive ketones (excluding diaryl/α,β-unsaturated/α-hetero) is 1. The van der Waals surface area contributed by atoms with Gasteiger partial charge >= 0.3 is 0 Å². The third kappa shape index (κ3) is 4.81. The van der Waals surface area contributed by atoms with Crippen molar-refractivity contribution in [3.05, 3.63) is 35.9 Å². The number of carbonyl (C=O) groups excluding carboxylic acids is 1. The Morgan fingerprint density at radius 2 is 1.94 bits per heavy atom. The van der Waals surface area contributed by atoms with Crippen LogP contribution in [-0.4, -0.2) is 23.6 Å². The van der Waals surface area contributed by atoms with E-state index in [0.29, 0.717) is 12.1 Å². The van der Waals surface area contributed by atoms with Crippen LogP contribution in [0.1, 0.15) is 32.3 Å². The Morgan fingerprint density at radius 1 is 1.29 bits per heavy atom. The van der Waals surface area contributed by atoms with Gasteiger partial charge in [-0.05, 0) is 18.9 Å². The van der Waals surface area contributed by atoms with Gasteiger partial charge in [-0.25, -0.2) is 0 Å². The van der Waals surface area contributed by atoms with Crippen LogP contribution in [0.4, 0.5) is 0 Å². The molecule has 0 aliphatic heterocycles. The minimum Gasteiger partial charge on any atom is -0.295 e. The summed E-state index contributed by atoms with van der Waals surface area (Å²) in [5, 5.41) is 6.09. The molecule has 3 nitrogen and oxygen atoms in total. The fraction of sp³-hybridized carbons (Fsp3) is 0.429. The van der Waals surface area contributed by atoms with Gasteiger partial charge in [-0.15, -0.1) is 0 Å². The molecule has 0 saturated heterocycles. The van der Waals surface area contributed by atoms with Crippen molar-refractivity contribution in [3.8, 4) is 0 Å². The van der Waals surface area contributed by atoms with Crippen molar-refractivity contribution in [2.75, 3.05) is 7.05 Å². The van der Waals surface area contributed by atoms with Crippen LogP contribution in [0.25, 0.3) is 0 Å². The zero-order valence-electron chi connectivity index (χ0n) is 10.8. The number of ketones is 1. The van der Waals surface area contributed by atoms with Crippen LogP contribution < -0.4 is 0 Å². The molecule has 1 rings (SSSR count). The first-order valence-corrected chi connectivity index (χ1v) is 5.97. The molecule has 0 saturated carbocycles. The zero-order chi connectivity index (χ0) is 12.7. The fourth-order valence-electron chi connectivity index (χ4n) is 1.60. The van der Waals surface area contributed by atoms with Crippen molar-refractivity contribution in [2.45, 2.75) is 33.2 Å². The van der Waals surface area contributed by atoms with E-state index < -0.39 is 0 Å². The van der Waals surface area contributed by atoms with Crippen molar-refractivity contribution < 1.29 is 4.79 Å². The molecule has 0 aliphatic carbocycles. The first kappa shape index (κ1) is 13.4. The van der Waals surface area contributed by atoms with E-state index in [9.17, 15) is 4.79 Å². The first-order valence-electron chi connectivity index (χ1n) is 5.97. The Balaban J connectivity index is 2.56. The summed E-state index contributed by atoms with van der Waals surface area (Å²) in [5.74, 6) is 0.132. The lowest BCUT2D eigenvalue weighted by atomic mass is 10.2. The minimum atomic E-state index is 0.132. The molecule has 1 aromatic carbocycles. The third-order valence-electron chi connectivity index (χ3n) is 2.46. The predicted molar refractivity (Wildman–Crippen MR) is 70.9 cm³/mol. The maximum Gasteiger partial charge on any atom is 0.178 e. The number of hydrogen-bond donors (Lipinski definition) is 0. The highest BCUT2D eigenvalue weighted by atomic mass is 16.1. The van der Waals surface area contributed by atoms with E-state index in [2.05, 4.69) is 17.2 Å². The summed E-state index contributed by atoms with van der Waals surface area (Å²) in [6, 6.07) is 10.1. The van der Waals surface area contributed by atoms with E-state index in [0.717, 1.165) is 13.0 Å². The normalized spacial score (nSPS) is 11.4. The number of hydrogen-bond acceptors (Lipinski definition) is 3. The Bertz CT molecular complexity index is 384. The van der Waals surface area contributed by atoms with Gasteiger partial charge in [-0.2, -0.15) is 5.10 Å². The quantitative estimate of drug-likeness (QED) is 0.558. The molecule has 0 radical (unpaired) electrons. The molecule has 0 spiro atoms. The second kappa shape index (κ2) is 6.84. The van der Waals surface area contributed by atoms with E-state index >= 15 is 0 Å². The Morgan fingerprint density at radius 3 is 2.53 bits per heavy atom. The molecular weight excluding hydrogens is 212 g/mol. The van der Waals surface area contributed by atoms with Crippen LogP contribution in [0.2, 0.25) is 0 Å². The maximum atomic E-state index is 11.6. The molecule has 17 heavy (non-hydrogen) atoms. The average Bonchev–Trinajstić information content (AvgIpc) is 2.30. The third-order valence-corrected chi connectivity index (χ3v) is 2.46. The summed E-state index contributed by atoms with van der Waals surface area (Å²) in [5.41, 5.74) is 1.78. The fourth-order valence-corrected chi connectivity index (χ4v) is 1.60. The van der Waals surface area contributed by atoms with E-state index in [1.54, 1.807) is 11.9 Å². The van der Waals surface area contributed by atoms with Gasteiger partial charge in [0.1, 0.15) is 5.71 Å². The van der Waals surface area contributed by atoms with Crippen molar-refractivity contribution in [1.29, 1.82) is 0 Å². The Hall–Kier alpha value is -1.64. The number of nitrogens with zero attached hydrogens (tertiary/aromatic N) is 2. The van der Waals surface area contributed by atoms with Gasteiger partial charge in [0.15, 0.2) is 5.78 Å². The van der Waals surface area contributed by atoms with Gasteiger partial charge in [0.25, 0.3) is 0 Å². The summed E-state index contributed by atoms with van der Waals surface area (Å²) in [6.45, 7) is 4.50. The number of rotatable bonds is 6. The summed E-state index contributed by atoms with van der Waals surface area (Å²) < 4.78 is 0. The van der Waals surface area contributed by atoms with Gasteiger partial charge in [-0.1, -0.05) is 37.3 Å². The van der Waals surface area contributed by atoms with Crippen LogP contribution in [0, 0.1) is 0 Å². The molecule has 3 heteroatoms. The Kier molecular flexibility index (Phi) is 5.40. The van der Waals surface area contributed by atoms with E-state index in [1.807, 2.05) is 32.2 Å². The van der Waals surface area contributed by atoms with Crippen molar-refractivity contribution in [1.82, 2.24) is 5.01 Å². The van der Waals surface area contributed by atoms with Gasteiger partial charge < -0.3 is 0 Å². The lowest BCUT2D eigenvalue weighted by Gasteiger charge is -2.14. The van der Waals surface area contributed by atoms with Gasteiger partial charge in [0.2, 0.25) is 0 Å². The smallest absolute Gasteiger partial charge is 0.178 e. The SMILES string of the molecule is CCCC(=O)C(C)=NN(C)Cc1ccccc1. The molecule has 0 amide bonds. The van der Waals surface area contributed by atoms with Gasteiger partial charge in [0.05, 0.1) is 6.54 Å². The molecule has 92 valence electrons. The van der Waals surface area contributed by atoms with Crippen molar-refractivity contribution in [3.63, 3.8) is 0 Å². The predicted octanol–water partition coefficient (Wildman–Crippen LogP) is 2.86.